The number of hydrogen-bond donors (Lipinski definition) is 1. The molecule has 0 radical (unpaired) electrons. The van der Waals surface area contributed by atoms with Gasteiger partial charge in [-0.25, -0.2) is 4.98 Å². The molecule has 154 valence electrons. The quantitative estimate of drug-likeness (QED) is 0.434. The van der Waals surface area contributed by atoms with Gasteiger partial charge in [0.15, 0.2) is 0 Å². The third kappa shape index (κ3) is 4.53. The predicted molar refractivity (Wildman–Crippen MR) is 125 cm³/mol. The second-order valence-electron chi connectivity index (χ2n) is 6.86. The average Bonchev–Trinajstić information content (AvgIpc) is 3.20. The second kappa shape index (κ2) is 9.16. The summed E-state index contributed by atoms with van der Waals surface area (Å²) in [7, 11) is 0. The molecule has 0 aliphatic heterocycles. The monoisotopic (exact) mass is 446 g/mol. The lowest BCUT2D eigenvalue weighted by Gasteiger charge is -2.11. The Morgan fingerprint density at radius 1 is 1.23 bits per heavy atom. The summed E-state index contributed by atoms with van der Waals surface area (Å²) in [5, 5.41) is 14.1. The van der Waals surface area contributed by atoms with Crippen LogP contribution in [0.5, 0.6) is 0 Å². The van der Waals surface area contributed by atoms with Crippen molar-refractivity contribution in [2.75, 3.05) is 11.1 Å². The van der Waals surface area contributed by atoms with E-state index in [1.54, 1.807) is 6.07 Å². The Morgan fingerprint density at radius 3 is 2.77 bits per heavy atom. The van der Waals surface area contributed by atoms with E-state index in [1.807, 2.05) is 54.8 Å². The first kappa shape index (κ1) is 20.8. The fraction of sp³-hybridized carbons (Fsp3) is 0.130. The number of amides is 1. The molecule has 0 unspecified atom stereocenters. The van der Waals surface area contributed by atoms with Gasteiger partial charge in [0.1, 0.15) is 11.4 Å². The minimum atomic E-state index is -0.333. The maximum Gasteiger partial charge on any atom is 0.263 e. The normalized spacial score (nSPS) is 10.7. The smallest absolute Gasteiger partial charge is 0.263 e. The van der Waals surface area contributed by atoms with Gasteiger partial charge in [-0.15, -0.1) is 23.1 Å². The lowest BCUT2D eigenvalue weighted by atomic mass is 10.1. The molecular formula is C23H18N4O2S2. The zero-order chi connectivity index (χ0) is 21.8. The first-order chi connectivity index (χ1) is 15.1. The van der Waals surface area contributed by atoms with Crippen LogP contribution in [0, 0.1) is 18.3 Å². The Morgan fingerprint density at radius 2 is 2.00 bits per heavy atom. The van der Waals surface area contributed by atoms with Crippen molar-refractivity contribution < 1.29 is 4.79 Å². The van der Waals surface area contributed by atoms with Crippen LogP contribution in [0.4, 0.5) is 5.69 Å². The molecule has 8 heteroatoms. The number of thioether (sulfide) groups is 1. The molecule has 0 aliphatic rings. The number of anilines is 1. The molecule has 0 saturated heterocycles. The molecule has 0 aliphatic carbocycles. The van der Waals surface area contributed by atoms with Crippen molar-refractivity contribution in [1.29, 1.82) is 5.26 Å². The van der Waals surface area contributed by atoms with E-state index in [1.165, 1.54) is 34.0 Å². The maximum absolute atomic E-state index is 13.2. The molecule has 2 heterocycles. The average molecular weight is 447 g/mol. The second-order valence-corrected chi connectivity index (χ2v) is 8.74. The largest absolute Gasteiger partial charge is 0.324 e. The van der Waals surface area contributed by atoms with E-state index in [-0.39, 0.29) is 23.8 Å². The topological polar surface area (TPSA) is 87.8 Å². The summed E-state index contributed by atoms with van der Waals surface area (Å²) in [5.74, 6) is -0.0484. The molecule has 2 aromatic carbocycles. The lowest BCUT2D eigenvalue weighted by molar-refractivity contribution is -0.116. The van der Waals surface area contributed by atoms with Crippen LogP contribution < -0.4 is 10.9 Å². The molecule has 2 aromatic heterocycles. The highest BCUT2D eigenvalue weighted by atomic mass is 32.2. The number of para-hydroxylation sites is 1. The summed E-state index contributed by atoms with van der Waals surface area (Å²) < 4.78 is 1.33. The van der Waals surface area contributed by atoms with Gasteiger partial charge in [0, 0.05) is 15.8 Å². The van der Waals surface area contributed by atoms with Gasteiger partial charge < -0.3 is 5.32 Å². The van der Waals surface area contributed by atoms with Crippen molar-refractivity contribution in [2.24, 2.45) is 0 Å². The molecule has 0 bridgehead atoms. The standard InChI is InChI=1S/C23H18N4O2S2/c1-15-6-8-16(9-7-15)17-13-31-22-21(17)23(29)27(14-25-22)12-20(28)26-18-4-2-3-5-19(18)30-11-10-24/h2-9,13-14H,11-12H2,1H3,(H,26,28). The molecule has 0 fully saturated rings. The molecule has 4 rings (SSSR count). The minimum Gasteiger partial charge on any atom is -0.324 e. The van der Waals surface area contributed by atoms with E-state index in [0.717, 1.165) is 21.6 Å². The van der Waals surface area contributed by atoms with Crippen molar-refractivity contribution in [2.45, 2.75) is 18.4 Å². The molecule has 0 atom stereocenters. The number of nitriles is 1. The molecule has 4 aromatic rings. The van der Waals surface area contributed by atoms with Crippen molar-refractivity contribution in [1.82, 2.24) is 9.55 Å². The van der Waals surface area contributed by atoms with Crippen molar-refractivity contribution in [3.8, 4) is 17.2 Å². The first-order valence-electron chi connectivity index (χ1n) is 9.49. The molecular weight excluding hydrogens is 428 g/mol. The number of nitrogens with zero attached hydrogens (tertiary/aromatic N) is 3. The van der Waals surface area contributed by atoms with Crippen LogP contribution in [0.1, 0.15) is 5.56 Å². The lowest BCUT2D eigenvalue weighted by Crippen LogP contribution is -2.28. The zero-order valence-electron chi connectivity index (χ0n) is 16.7. The van der Waals surface area contributed by atoms with Crippen LogP contribution in [-0.4, -0.2) is 21.2 Å². The molecule has 1 N–H and O–H groups in total. The summed E-state index contributed by atoms with van der Waals surface area (Å²) in [5.41, 5.74) is 3.28. The number of carbonyl (C=O) groups is 1. The van der Waals surface area contributed by atoms with Gasteiger partial charge in [0.05, 0.1) is 29.2 Å². The molecule has 31 heavy (non-hydrogen) atoms. The van der Waals surface area contributed by atoms with Crippen molar-refractivity contribution >= 4 is 44.9 Å². The van der Waals surface area contributed by atoms with Crippen molar-refractivity contribution in [3.63, 3.8) is 0 Å². The van der Waals surface area contributed by atoms with Crippen LogP contribution >= 0.6 is 23.1 Å². The van der Waals surface area contributed by atoms with E-state index < -0.39 is 0 Å². The third-order valence-electron chi connectivity index (χ3n) is 4.69. The van der Waals surface area contributed by atoms with Gasteiger partial charge in [0.2, 0.25) is 5.91 Å². The fourth-order valence-electron chi connectivity index (χ4n) is 3.18. The van der Waals surface area contributed by atoms with E-state index in [4.69, 9.17) is 5.26 Å². The number of fused-ring (bicyclic) bond motifs is 1. The number of nitrogens with one attached hydrogen (secondary N) is 1. The SMILES string of the molecule is Cc1ccc(-c2csc3ncn(CC(=O)Nc4ccccc4SCC#N)c(=O)c23)cc1. The number of carbonyl (C=O) groups excluding carboxylic acids is 1. The van der Waals surface area contributed by atoms with Crippen molar-refractivity contribution in [3.05, 3.63) is 76.2 Å². The van der Waals surface area contributed by atoms with Gasteiger partial charge >= 0.3 is 0 Å². The number of benzene rings is 2. The van der Waals surface area contributed by atoms with Gasteiger partial charge in [-0.3, -0.25) is 14.2 Å². The van der Waals surface area contributed by atoms with Gasteiger partial charge in [-0.1, -0.05) is 42.0 Å². The number of aromatic nitrogens is 2. The summed E-state index contributed by atoms with van der Waals surface area (Å²) in [6, 6.07) is 17.3. The molecule has 0 saturated carbocycles. The fourth-order valence-corrected chi connectivity index (χ4v) is 4.75. The zero-order valence-corrected chi connectivity index (χ0v) is 18.3. The van der Waals surface area contributed by atoms with Crippen LogP contribution in [-0.2, 0) is 11.3 Å². The van der Waals surface area contributed by atoms with E-state index >= 15 is 0 Å². The van der Waals surface area contributed by atoms with Crippen LogP contribution in [0.2, 0.25) is 0 Å². The van der Waals surface area contributed by atoms with Gasteiger partial charge in [-0.2, -0.15) is 5.26 Å². The first-order valence-corrected chi connectivity index (χ1v) is 11.4. The summed E-state index contributed by atoms with van der Waals surface area (Å²) >= 11 is 2.76. The van der Waals surface area contributed by atoms with E-state index in [0.29, 0.717) is 15.9 Å². The Kier molecular flexibility index (Phi) is 6.16. The van der Waals surface area contributed by atoms with Crippen LogP contribution in [0.15, 0.2) is 69.9 Å². The number of aryl methyl sites for hydroxylation is 1. The number of rotatable bonds is 6. The number of hydrogen-bond acceptors (Lipinski definition) is 6. The van der Waals surface area contributed by atoms with E-state index in [9.17, 15) is 9.59 Å². The van der Waals surface area contributed by atoms with Crippen LogP contribution in [0.25, 0.3) is 21.3 Å². The highest BCUT2D eigenvalue weighted by Crippen LogP contribution is 2.31. The summed E-state index contributed by atoms with van der Waals surface area (Å²) in [6.45, 7) is 1.86. The Hall–Kier alpha value is -3.41. The minimum absolute atomic E-state index is 0.151. The Balaban J connectivity index is 1.61. The maximum atomic E-state index is 13.2. The molecule has 0 spiro atoms. The van der Waals surface area contributed by atoms with Gasteiger partial charge in [0.25, 0.3) is 5.56 Å². The summed E-state index contributed by atoms with van der Waals surface area (Å²) in [4.78, 5) is 31.7. The van der Waals surface area contributed by atoms with Crippen LogP contribution in [0.3, 0.4) is 0 Å². The summed E-state index contributed by atoms with van der Waals surface area (Å²) in [6.07, 6.45) is 1.41. The Labute approximate surface area is 187 Å². The third-order valence-corrected chi connectivity index (χ3v) is 6.52. The predicted octanol–water partition coefficient (Wildman–Crippen LogP) is 4.69. The Bertz CT molecular complexity index is 1350. The van der Waals surface area contributed by atoms with E-state index in [2.05, 4.69) is 16.4 Å². The molecule has 1 amide bonds. The molecule has 6 nitrogen and oxygen atoms in total. The number of thiophene rings is 1. The highest BCUT2D eigenvalue weighted by molar-refractivity contribution is 7.99. The highest BCUT2D eigenvalue weighted by Gasteiger charge is 2.15. The van der Waals surface area contributed by atoms with Gasteiger partial charge in [-0.05, 0) is 24.6 Å².